The number of hydrogen-bond donors (Lipinski definition) is 2. The van der Waals surface area contributed by atoms with E-state index < -0.39 is 5.41 Å². The van der Waals surface area contributed by atoms with E-state index in [1.165, 1.54) is 0 Å². The van der Waals surface area contributed by atoms with Gasteiger partial charge in [-0.3, -0.25) is 4.79 Å². The third-order valence-corrected chi connectivity index (χ3v) is 7.99. The van der Waals surface area contributed by atoms with Crippen LogP contribution in [0.15, 0.2) is 0 Å². The summed E-state index contributed by atoms with van der Waals surface area (Å²) in [6.07, 6.45) is 5.23. The van der Waals surface area contributed by atoms with E-state index in [1.807, 2.05) is 0 Å². The van der Waals surface area contributed by atoms with Crippen LogP contribution in [-0.2, 0) is 23.7 Å². The molecule has 0 spiro atoms. The van der Waals surface area contributed by atoms with Crippen LogP contribution in [0.25, 0.3) is 0 Å². The summed E-state index contributed by atoms with van der Waals surface area (Å²) in [7, 11) is 0. The van der Waals surface area contributed by atoms with E-state index in [4.69, 9.17) is 30.4 Å². The molecule has 4 aliphatic heterocycles. The number of carbonyl (C=O) groups is 1. The highest BCUT2D eigenvalue weighted by Crippen LogP contribution is 2.68. The van der Waals surface area contributed by atoms with Gasteiger partial charge in [-0.05, 0) is 50.6 Å². The van der Waals surface area contributed by atoms with Crippen molar-refractivity contribution in [2.24, 2.45) is 27.7 Å². The molecule has 7 nitrogen and oxygen atoms in total. The zero-order valence-corrected chi connectivity index (χ0v) is 16.0. The van der Waals surface area contributed by atoms with Crippen LogP contribution in [0.4, 0.5) is 0 Å². The molecule has 4 heterocycles. The molecule has 5 rings (SSSR count). The van der Waals surface area contributed by atoms with Gasteiger partial charge in [0.05, 0.1) is 50.8 Å². The predicted octanol–water partition coefficient (Wildman–Crippen LogP) is 0.382. The fourth-order valence-electron chi connectivity index (χ4n) is 6.19. The Labute approximate surface area is 160 Å². The summed E-state index contributed by atoms with van der Waals surface area (Å²) >= 11 is 0. The molecule has 5 fully saturated rings. The third kappa shape index (κ3) is 3.07. The van der Waals surface area contributed by atoms with Crippen LogP contribution in [0.5, 0.6) is 0 Å². The van der Waals surface area contributed by atoms with Crippen LogP contribution >= 0.6 is 0 Å². The van der Waals surface area contributed by atoms with Gasteiger partial charge in [0.15, 0.2) is 0 Å². The van der Waals surface area contributed by atoms with E-state index in [-0.39, 0.29) is 35.2 Å². The quantitative estimate of drug-likeness (QED) is 0.526. The monoisotopic (exact) mass is 380 g/mol. The third-order valence-electron chi connectivity index (χ3n) is 7.99. The highest BCUT2D eigenvalue weighted by molar-refractivity contribution is 5.87. The Morgan fingerprint density at radius 2 is 1.19 bits per heavy atom. The molecule has 0 aromatic carbocycles. The minimum absolute atomic E-state index is 0.165. The Morgan fingerprint density at radius 3 is 1.56 bits per heavy atom. The van der Waals surface area contributed by atoms with E-state index in [1.54, 1.807) is 0 Å². The average molecular weight is 380 g/mol. The van der Waals surface area contributed by atoms with Gasteiger partial charge in [-0.15, -0.1) is 0 Å². The van der Waals surface area contributed by atoms with Crippen LogP contribution in [0.3, 0.4) is 0 Å². The second kappa shape index (κ2) is 6.47. The molecule has 7 heteroatoms. The van der Waals surface area contributed by atoms with Gasteiger partial charge >= 0.3 is 0 Å². The lowest BCUT2D eigenvalue weighted by atomic mass is 9.40. The van der Waals surface area contributed by atoms with Gasteiger partial charge in [-0.2, -0.15) is 0 Å². The summed E-state index contributed by atoms with van der Waals surface area (Å²) < 4.78 is 22.7. The average Bonchev–Trinajstić information content (AvgIpc) is 3.48. The maximum atomic E-state index is 13.7. The number of nitrogens with two attached hydrogens (primary N) is 2. The van der Waals surface area contributed by atoms with Crippen molar-refractivity contribution in [1.82, 2.24) is 0 Å². The minimum Gasteiger partial charge on any atom is -0.373 e. The SMILES string of the molecule is NCC1(CN)CCC(=O)C(CC2CO2)(CC2CO2)C1(CC1CO1)CC1CO1. The first kappa shape index (κ1) is 18.5. The molecule has 4 unspecified atom stereocenters. The molecule has 152 valence electrons. The smallest absolute Gasteiger partial charge is 0.139 e. The lowest BCUT2D eigenvalue weighted by Crippen LogP contribution is -2.66. The lowest BCUT2D eigenvalue weighted by molar-refractivity contribution is -0.174. The summed E-state index contributed by atoms with van der Waals surface area (Å²) in [5, 5.41) is 0. The van der Waals surface area contributed by atoms with Crippen molar-refractivity contribution >= 4 is 5.78 Å². The van der Waals surface area contributed by atoms with Crippen LogP contribution in [0, 0.1) is 16.2 Å². The van der Waals surface area contributed by atoms with Gasteiger partial charge in [0.1, 0.15) is 5.78 Å². The van der Waals surface area contributed by atoms with Gasteiger partial charge in [0.25, 0.3) is 0 Å². The molecule has 5 aliphatic rings. The van der Waals surface area contributed by atoms with Crippen molar-refractivity contribution in [3.8, 4) is 0 Å². The Bertz CT molecular complexity index is 563. The van der Waals surface area contributed by atoms with Gasteiger partial charge in [-0.1, -0.05) is 0 Å². The van der Waals surface area contributed by atoms with Crippen LogP contribution in [0.2, 0.25) is 0 Å². The lowest BCUT2D eigenvalue weighted by Gasteiger charge is -2.63. The van der Waals surface area contributed by atoms with Gasteiger partial charge in [-0.25, -0.2) is 0 Å². The fourth-order valence-corrected chi connectivity index (χ4v) is 6.19. The van der Waals surface area contributed by atoms with Gasteiger partial charge in [0, 0.05) is 17.3 Å². The summed E-state index contributed by atoms with van der Waals surface area (Å²) in [4.78, 5) is 13.7. The Balaban J connectivity index is 1.64. The van der Waals surface area contributed by atoms with Crippen molar-refractivity contribution in [3.63, 3.8) is 0 Å². The summed E-state index contributed by atoms with van der Waals surface area (Å²) in [6.45, 7) is 4.01. The normalized spacial score (nSPS) is 47.0. The van der Waals surface area contributed by atoms with Crippen molar-refractivity contribution in [1.29, 1.82) is 0 Å². The molecule has 0 aromatic rings. The molecule has 27 heavy (non-hydrogen) atoms. The first-order chi connectivity index (χ1) is 13.1. The predicted molar refractivity (Wildman–Crippen MR) is 97.1 cm³/mol. The van der Waals surface area contributed by atoms with E-state index in [2.05, 4.69) is 0 Å². The zero-order chi connectivity index (χ0) is 18.7. The highest BCUT2D eigenvalue weighted by atomic mass is 16.6. The second-order valence-corrected chi connectivity index (χ2v) is 9.41. The molecule has 0 amide bonds. The molecular formula is C20H32N2O5. The van der Waals surface area contributed by atoms with Crippen molar-refractivity contribution < 1.29 is 23.7 Å². The number of rotatable bonds is 10. The zero-order valence-electron chi connectivity index (χ0n) is 16.0. The number of epoxide rings is 4. The van der Waals surface area contributed by atoms with E-state index in [0.717, 1.165) is 58.5 Å². The first-order valence-electron chi connectivity index (χ1n) is 10.5. The molecular weight excluding hydrogens is 348 g/mol. The van der Waals surface area contributed by atoms with Crippen LogP contribution < -0.4 is 11.5 Å². The summed E-state index contributed by atoms with van der Waals surface area (Å²) in [6, 6.07) is 0. The maximum absolute atomic E-state index is 13.7. The van der Waals surface area contributed by atoms with Crippen molar-refractivity contribution in [2.45, 2.75) is 62.9 Å². The van der Waals surface area contributed by atoms with Crippen LogP contribution in [0.1, 0.15) is 38.5 Å². The number of ketones is 1. The second-order valence-electron chi connectivity index (χ2n) is 9.41. The number of hydrogen-bond acceptors (Lipinski definition) is 7. The Hall–Kier alpha value is -0.570. The molecule has 1 saturated carbocycles. The fraction of sp³-hybridized carbons (Fsp3) is 0.950. The molecule has 0 bridgehead atoms. The largest absolute Gasteiger partial charge is 0.373 e. The van der Waals surface area contributed by atoms with Crippen molar-refractivity contribution in [3.05, 3.63) is 0 Å². The molecule has 4 atom stereocenters. The van der Waals surface area contributed by atoms with E-state index in [9.17, 15) is 4.79 Å². The van der Waals surface area contributed by atoms with Crippen LogP contribution in [-0.4, -0.2) is 69.7 Å². The number of Topliss-reactive ketones (excluding diaryl/α,β-unsaturated/α-hetero) is 1. The van der Waals surface area contributed by atoms with E-state index >= 15 is 0 Å². The first-order valence-corrected chi connectivity index (χ1v) is 10.5. The summed E-state index contributed by atoms with van der Waals surface area (Å²) in [5.41, 5.74) is 11.8. The molecule has 4 saturated heterocycles. The summed E-state index contributed by atoms with van der Waals surface area (Å²) in [5.74, 6) is 0.354. The van der Waals surface area contributed by atoms with Gasteiger partial charge < -0.3 is 30.4 Å². The van der Waals surface area contributed by atoms with E-state index in [0.29, 0.717) is 25.3 Å². The highest BCUT2D eigenvalue weighted by Gasteiger charge is 2.70. The maximum Gasteiger partial charge on any atom is 0.139 e. The molecule has 4 N–H and O–H groups in total. The minimum atomic E-state index is -0.510. The number of ether oxygens (including phenoxy) is 4. The topological polar surface area (TPSA) is 119 Å². The number of carbonyl (C=O) groups excluding carboxylic acids is 1. The molecule has 0 aromatic heterocycles. The van der Waals surface area contributed by atoms with Gasteiger partial charge in [0.2, 0.25) is 0 Å². The molecule has 1 aliphatic carbocycles. The molecule has 0 radical (unpaired) electrons. The Kier molecular flexibility index (Phi) is 4.42. The Morgan fingerprint density at radius 1 is 0.778 bits per heavy atom. The van der Waals surface area contributed by atoms with Crippen molar-refractivity contribution in [2.75, 3.05) is 39.5 Å². The standard InChI is InChI=1S/C20H32N2O5/c21-11-18(12-22)2-1-17(23)19(3-13-7-24-13,4-14-8-25-14)20(18,5-15-9-26-15)6-16-10-27-16/h13-16H,1-12,21-22H2.